The first kappa shape index (κ1) is 16.0. The van der Waals surface area contributed by atoms with Crippen LogP contribution in [0.2, 0.25) is 0 Å². The molecule has 0 saturated carbocycles. The van der Waals surface area contributed by atoms with Crippen LogP contribution < -0.4 is 0 Å². The number of aliphatic hydroxyl groups excluding tert-OH is 1. The molecule has 1 N–H and O–H groups in total. The number of rotatable bonds is 5. The fourth-order valence-electron chi connectivity index (χ4n) is 1.77. The molecule has 1 aromatic carbocycles. The van der Waals surface area contributed by atoms with Crippen LogP contribution >= 0.6 is 11.3 Å². The number of thiophene rings is 1. The summed E-state index contributed by atoms with van der Waals surface area (Å²) in [5.74, 6) is -2.74. The average Bonchev–Trinajstić information content (AvgIpc) is 2.94. The lowest BCUT2D eigenvalue weighted by atomic mass is 10.2. The number of sulfonamides is 1. The van der Waals surface area contributed by atoms with Crippen LogP contribution in [0, 0.1) is 11.6 Å². The van der Waals surface area contributed by atoms with Crippen molar-refractivity contribution in [1.82, 2.24) is 4.31 Å². The highest BCUT2D eigenvalue weighted by Crippen LogP contribution is 2.24. The van der Waals surface area contributed by atoms with Gasteiger partial charge in [0.1, 0.15) is 4.90 Å². The molecule has 0 atom stereocenters. The summed E-state index contributed by atoms with van der Waals surface area (Å²) < 4.78 is 52.8. The van der Waals surface area contributed by atoms with Crippen molar-refractivity contribution in [3.8, 4) is 0 Å². The van der Waals surface area contributed by atoms with Gasteiger partial charge in [0.2, 0.25) is 10.0 Å². The van der Waals surface area contributed by atoms with Gasteiger partial charge in [-0.1, -0.05) is 6.07 Å². The molecular formula is C13H13F2NO3S2. The van der Waals surface area contributed by atoms with Crippen LogP contribution in [-0.4, -0.2) is 24.9 Å². The van der Waals surface area contributed by atoms with E-state index in [0.29, 0.717) is 0 Å². The second-order valence-corrected chi connectivity index (χ2v) is 7.43. The van der Waals surface area contributed by atoms with Gasteiger partial charge in [0.15, 0.2) is 11.6 Å². The van der Waals surface area contributed by atoms with Gasteiger partial charge in [0, 0.05) is 18.5 Å². The number of halogens is 2. The van der Waals surface area contributed by atoms with E-state index in [1.165, 1.54) is 18.4 Å². The van der Waals surface area contributed by atoms with Gasteiger partial charge in [0.25, 0.3) is 0 Å². The van der Waals surface area contributed by atoms with E-state index in [4.69, 9.17) is 5.11 Å². The van der Waals surface area contributed by atoms with E-state index in [-0.39, 0.29) is 12.1 Å². The zero-order chi connectivity index (χ0) is 15.6. The van der Waals surface area contributed by atoms with Crippen molar-refractivity contribution in [2.45, 2.75) is 18.0 Å². The van der Waals surface area contributed by atoms with Crippen LogP contribution in [0.25, 0.3) is 0 Å². The lowest BCUT2D eigenvalue weighted by Gasteiger charge is -2.17. The topological polar surface area (TPSA) is 57.6 Å². The second-order valence-electron chi connectivity index (χ2n) is 4.39. The van der Waals surface area contributed by atoms with Crippen molar-refractivity contribution in [2.24, 2.45) is 0 Å². The summed E-state index contributed by atoms with van der Waals surface area (Å²) in [5, 5.41) is 10.8. The zero-order valence-corrected chi connectivity index (χ0v) is 12.7. The molecule has 0 spiro atoms. The molecule has 1 aromatic heterocycles. The monoisotopic (exact) mass is 333 g/mol. The molecule has 1 heterocycles. The van der Waals surface area contributed by atoms with Gasteiger partial charge in [-0.25, -0.2) is 17.2 Å². The summed E-state index contributed by atoms with van der Waals surface area (Å²) in [4.78, 5) is 0.00544. The van der Waals surface area contributed by atoms with Gasteiger partial charge in [-0.05, 0) is 29.1 Å². The first-order valence-corrected chi connectivity index (χ1v) is 8.25. The summed E-state index contributed by atoms with van der Waals surface area (Å²) in [5.41, 5.74) is -0.00278. The van der Waals surface area contributed by atoms with E-state index in [9.17, 15) is 17.2 Å². The SMILES string of the molecule is CN(Cc1cccs1)S(=O)(=O)c1cc(CO)cc(F)c1F. The second kappa shape index (κ2) is 6.18. The predicted octanol–water partition coefficient (Wildman–Crippen LogP) is 2.34. The summed E-state index contributed by atoms with van der Waals surface area (Å²) >= 11 is 1.36. The first-order valence-electron chi connectivity index (χ1n) is 5.93. The van der Waals surface area contributed by atoms with E-state index in [1.807, 2.05) is 0 Å². The molecule has 114 valence electrons. The standard InChI is InChI=1S/C13H13F2NO3S2/c1-16(7-10-3-2-4-20-10)21(18,19)12-6-9(8-17)5-11(14)13(12)15/h2-6,17H,7-8H2,1H3. The van der Waals surface area contributed by atoms with E-state index in [2.05, 4.69) is 0 Å². The van der Waals surface area contributed by atoms with E-state index < -0.39 is 33.2 Å². The predicted molar refractivity (Wildman–Crippen MR) is 75.3 cm³/mol. The minimum absolute atomic E-state index is 0.00278. The quantitative estimate of drug-likeness (QED) is 0.914. The number of hydrogen-bond donors (Lipinski definition) is 1. The molecule has 0 aliphatic carbocycles. The molecule has 4 nitrogen and oxygen atoms in total. The van der Waals surface area contributed by atoms with Gasteiger partial charge in [0.05, 0.1) is 6.61 Å². The van der Waals surface area contributed by atoms with Gasteiger partial charge < -0.3 is 5.11 Å². The molecule has 0 radical (unpaired) electrons. The highest BCUT2D eigenvalue weighted by atomic mass is 32.2. The van der Waals surface area contributed by atoms with Crippen molar-refractivity contribution >= 4 is 21.4 Å². The largest absolute Gasteiger partial charge is 0.392 e. The number of hydrogen-bond acceptors (Lipinski definition) is 4. The summed E-state index contributed by atoms with van der Waals surface area (Å²) in [6, 6.07) is 5.23. The van der Waals surface area contributed by atoms with Crippen molar-refractivity contribution in [3.05, 3.63) is 51.7 Å². The fraction of sp³-hybridized carbons (Fsp3) is 0.231. The summed E-state index contributed by atoms with van der Waals surface area (Å²) in [6.45, 7) is -0.515. The van der Waals surface area contributed by atoms with Gasteiger partial charge >= 0.3 is 0 Å². The Morgan fingerprint density at radius 3 is 2.62 bits per heavy atom. The molecule has 0 saturated heterocycles. The Balaban J connectivity index is 2.41. The maximum absolute atomic E-state index is 13.8. The summed E-state index contributed by atoms with van der Waals surface area (Å²) in [7, 11) is -2.90. The maximum Gasteiger partial charge on any atom is 0.246 e. The molecule has 0 aliphatic heterocycles. The van der Waals surface area contributed by atoms with Crippen molar-refractivity contribution < 1.29 is 22.3 Å². The summed E-state index contributed by atoms with van der Waals surface area (Å²) in [6.07, 6.45) is 0. The van der Waals surface area contributed by atoms with E-state index in [0.717, 1.165) is 21.3 Å². The van der Waals surface area contributed by atoms with Crippen molar-refractivity contribution in [2.75, 3.05) is 7.05 Å². The molecule has 2 rings (SSSR count). The molecule has 0 fully saturated rings. The molecule has 21 heavy (non-hydrogen) atoms. The lowest BCUT2D eigenvalue weighted by molar-refractivity contribution is 0.280. The first-order chi connectivity index (χ1) is 9.86. The van der Waals surface area contributed by atoms with Gasteiger partial charge in [-0.2, -0.15) is 4.31 Å². The molecule has 0 unspecified atom stereocenters. The number of aliphatic hydroxyl groups is 1. The molecule has 0 bridgehead atoms. The lowest BCUT2D eigenvalue weighted by Crippen LogP contribution is -2.27. The van der Waals surface area contributed by atoms with Gasteiger partial charge in [-0.15, -0.1) is 11.3 Å². The third-order valence-corrected chi connectivity index (χ3v) is 5.55. The Bertz CT molecular complexity index is 730. The van der Waals surface area contributed by atoms with E-state index in [1.54, 1.807) is 17.5 Å². The number of benzene rings is 1. The van der Waals surface area contributed by atoms with Crippen LogP contribution in [0.1, 0.15) is 10.4 Å². The Labute approximate surface area is 125 Å². The smallest absolute Gasteiger partial charge is 0.246 e. The van der Waals surface area contributed by atoms with Crippen LogP contribution in [-0.2, 0) is 23.2 Å². The Kier molecular flexibility index (Phi) is 4.72. The molecular weight excluding hydrogens is 320 g/mol. The maximum atomic E-state index is 13.8. The zero-order valence-electron chi connectivity index (χ0n) is 11.1. The Morgan fingerprint density at radius 1 is 1.33 bits per heavy atom. The molecule has 8 heteroatoms. The average molecular weight is 333 g/mol. The normalized spacial score (nSPS) is 12.0. The van der Waals surface area contributed by atoms with Crippen LogP contribution in [0.3, 0.4) is 0 Å². The molecule has 0 aliphatic rings. The van der Waals surface area contributed by atoms with Crippen LogP contribution in [0.4, 0.5) is 8.78 Å². The van der Waals surface area contributed by atoms with Crippen LogP contribution in [0.15, 0.2) is 34.5 Å². The highest BCUT2D eigenvalue weighted by molar-refractivity contribution is 7.89. The number of nitrogens with zero attached hydrogens (tertiary/aromatic N) is 1. The van der Waals surface area contributed by atoms with Crippen molar-refractivity contribution in [3.63, 3.8) is 0 Å². The van der Waals surface area contributed by atoms with Crippen molar-refractivity contribution in [1.29, 1.82) is 0 Å². The Morgan fingerprint density at radius 2 is 2.05 bits per heavy atom. The third kappa shape index (κ3) is 3.29. The van der Waals surface area contributed by atoms with Gasteiger partial charge in [-0.3, -0.25) is 0 Å². The minimum atomic E-state index is -4.19. The van der Waals surface area contributed by atoms with Crippen LogP contribution in [0.5, 0.6) is 0 Å². The highest BCUT2D eigenvalue weighted by Gasteiger charge is 2.27. The third-order valence-electron chi connectivity index (χ3n) is 2.88. The fourth-order valence-corrected chi connectivity index (χ4v) is 3.88. The molecule has 2 aromatic rings. The van der Waals surface area contributed by atoms with E-state index >= 15 is 0 Å². The molecule has 0 amide bonds. The Hall–Kier alpha value is -1.35. The minimum Gasteiger partial charge on any atom is -0.392 e.